The summed E-state index contributed by atoms with van der Waals surface area (Å²) in [5.74, 6) is 2.44. The Morgan fingerprint density at radius 3 is 2.72 bits per heavy atom. The number of hydrogen-bond donors (Lipinski definition) is 1. The first kappa shape index (κ1) is 19.5. The number of ether oxygens (including phenoxy) is 3. The zero-order chi connectivity index (χ0) is 17.9. The molecular formula is C19H31N3O3. The second-order valence-corrected chi connectivity index (χ2v) is 6.24. The fourth-order valence-electron chi connectivity index (χ4n) is 3.00. The van der Waals surface area contributed by atoms with Crippen LogP contribution in [0.4, 0.5) is 0 Å². The Morgan fingerprint density at radius 2 is 2.04 bits per heavy atom. The highest BCUT2D eigenvalue weighted by molar-refractivity contribution is 5.80. The summed E-state index contributed by atoms with van der Waals surface area (Å²) in [6.07, 6.45) is 2.10. The molecule has 1 aromatic rings. The van der Waals surface area contributed by atoms with Gasteiger partial charge in [-0.2, -0.15) is 0 Å². The predicted octanol–water partition coefficient (Wildman–Crippen LogP) is 1.80. The van der Waals surface area contributed by atoms with Gasteiger partial charge in [0.2, 0.25) is 0 Å². The fraction of sp³-hybridized carbons (Fsp3) is 0.632. The third-order valence-corrected chi connectivity index (χ3v) is 4.44. The van der Waals surface area contributed by atoms with E-state index in [2.05, 4.69) is 27.3 Å². The van der Waals surface area contributed by atoms with Crippen LogP contribution in [0, 0.1) is 5.92 Å². The molecule has 1 aromatic carbocycles. The molecule has 1 unspecified atom stereocenters. The van der Waals surface area contributed by atoms with E-state index in [1.807, 2.05) is 19.2 Å². The Kier molecular flexibility index (Phi) is 8.55. The Labute approximate surface area is 151 Å². The molecule has 0 amide bonds. The maximum absolute atomic E-state index is 5.66. The number of methoxy groups -OCH3 is 2. The van der Waals surface area contributed by atoms with Gasteiger partial charge in [0, 0.05) is 39.7 Å². The van der Waals surface area contributed by atoms with Gasteiger partial charge >= 0.3 is 0 Å². The molecule has 1 aliphatic rings. The van der Waals surface area contributed by atoms with Gasteiger partial charge < -0.3 is 24.4 Å². The number of guanidine groups is 1. The van der Waals surface area contributed by atoms with Crippen LogP contribution in [0.1, 0.15) is 12.0 Å². The normalized spacial score (nSPS) is 17.8. The third kappa shape index (κ3) is 6.55. The highest BCUT2D eigenvalue weighted by Crippen LogP contribution is 2.16. The summed E-state index contributed by atoms with van der Waals surface area (Å²) >= 11 is 0. The molecule has 2 rings (SSSR count). The van der Waals surface area contributed by atoms with Crippen molar-refractivity contribution in [1.82, 2.24) is 10.2 Å². The number of rotatable bonds is 9. The van der Waals surface area contributed by atoms with Crippen molar-refractivity contribution < 1.29 is 14.2 Å². The highest BCUT2D eigenvalue weighted by atomic mass is 16.5. The van der Waals surface area contributed by atoms with E-state index in [4.69, 9.17) is 14.2 Å². The average molecular weight is 349 g/mol. The Balaban J connectivity index is 1.69. The van der Waals surface area contributed by atoms with Crippen LogP contribution < -0.4 is 10.1 Å². The van der Waals surface area contributed by atoms with Gasteiger partial charge in [0.25, 0.3) is 0 Å². The lowest BCUT2D eigenvalue weighted by Crippen LogP contribution is -2.41. The standard InChI is InChI=1S/C19H31N3O3/c1-20-19(21-10-8-16-4-6-18(24-3)7-5-16)22-11-9-17(14-22)15-25-13-12-23-2/h4-7,17H,8-15H2,1-3H3,(H,20,21). The average Bonchev–Trinajstić information content (AvgIpc) is 3.11. The molecule has 6 heteroatoms. The molecule has 0 radical (unpaired) electrons. The van der Waals surface area contributed by atoms with Crippen molar-refractivity contribution in [1.29, 1.82) is 0 Å². The number of likely N-dealkylation sites (tertiary alicyclic amines) is 1. The summed E-state index contributed by atoms with van der Waals surface area (Å²) in [6, 6.07) is 8.20. The largest absolute Gasteiger partial charge is 0.497 e. The third-order valence-electron chi connectivity index (χ3n) is 4.44. The number of hydrogen-bond acceptors (Lipinski definition) is 4. The van der Waals surface area contributed by atoms with Gasteiger partial charge in [-0.1, -0.05) is 12.1 Å². The van der Waals surface area contributed by atoms with E-state index in [0.717, 1.165) is 50.8 Å². The molecule has 0 spiro atoms. The molecule has 1 atom stereocenters. The van der Waals surface area contributed by atoms with Crippen LogP contribution in [0.3, 0.4) is 0 Å². The van der Waals surface area contributed by atoms with Crippen molar-refractivity contribution in [2.24, 2.45) is 10.9 Å². The first-order valence-electron chi connectivity index (χ1n) is 8.92. The smallest absolute Gasteiger partial charge is 0.193 e. The van der Waals surface area contributed by atoms with Gasteiger partial charge in [-0.3, -0.25) is 4.99 Å². The van der Waals surface area contributed by atoms with Crippen molar-refractivity contribution >= 4 is 5.96 Å². The first-order chi connectivity index (χ1) is 12.3. The van der Waals surface area contributed by atoms with Crippen LogP contribution >= 0.6 is 0 Å². The van der Waals surface area contributed by atoms with Gasteiger partial charge in [0.1, 0.15) is 5.75 Å². The van der Waals surface area contributed by atoms with Crippen LogP contribution in [0.25, 0.3) is 0 Å². The van der Waals surface area contributed by atoms with E-state index in [1.54, 1.807) is 14.2 Å². The predicted molar refractivity (Wildman–Crippen MR) is 100 cm³/mol. The van der Waals surface area contributed by atoms with Gasteiger partial charge in [-0.05, 0) is 30.5 Å². The first-order valence-corrected chi connectivity index (χ1v) is 8.92. The minimum Gasteiger partial charge on any atom is -0.497 e. The molecule has 25 heavy (non-hydrogen) atoms. The molecule has 1 heterocycles. The van der Waals surface area contributed by atoms with Gasteiger partial charge in [-0.15, -0.1) is 0 Å². The topological polar surface area (TPSA) is 55.3 Å². The van der Waals surface area contributed by atoms with Crippen LogP contribution in [-0.2, 0) is 15.9 Å². The van der Waals surface area contributed by atoms with Gasteiger partial charge in [-0.25, -0.2) is 0 Å². The zero-order valence-electron chi connectivity index (χ0n) is 15.7. The van der Waals surface area contributed by atoms with Crippen molar-refractivity contribution in [3.05, 3.63) is 29.8 Å². The van der Waals surface area contributed by atoms with Crippen LogP contribution in [-0.4, -0.2) is 71.6 Å². The maximum Gasteiger partial charge on any atom is 0.193 e. The lowest BCUT2D eigenvalue weighted by molar-refractivity contribution is 0.0536. The Bertz CT molecular complexity index is 519. The number of aliphatic imine (C=N–C) groups is 1. The molecule has 0 saturated carbocycles. The summed E-state index contributed by atoms with van der Waals surface area (Å²) in [7, 11) is 5.23. The van der Waals surface area contributed by atoms with E-state index < -0.39 is 0 Å². The molecule has 0 aromatic heterocycles. The fourth-order valence-corrected chi connectivity index (χ4v) is 3.00. The molecular weight excluding hydrogens is 318 g/mol. The molecule has 6 nitrogen and oxygen atoms in total. The van der Waals surface area contributed by atoms with Crippen molar-refractivity contribution in [2.75, 3.05) is 60.7 Å². The molecule has 0 bridgehead atoms. The quantitative estimate of drug-likeness (QED) is 0.419. The van der Waals surface area contributed by atoms with Crippen LogP contribution in [0.2, 0.25) is 0 Å². The highest BCUT2D eigenvalue weighted by Gasteiger charge is 2.24. The van der Waals surface area contributed by atoms with Crippen LogP contribution in [0.5, 0.6) is 5.75 Å². The molecule has 140 valence electrons. The Hall–Kier alpha value is -1.79. The second kappa shape index (κ2) is 10.9. The summed E-state index contributed by atoms with van der Waals surface area (Å²) in [4.78, 5) is 6.74. The van der Waals surface area contributed by atoms with E-state index in [0.29, 0.717) is 19.1 Å². The zero-order valence-corrected chi connectivity index (χ0v) is 15.7. The molecule has 1 aliphatic heterocycles. The molecule has 1 N–H and O–H groups in total. The van der Waals surface area contributed by atoms with Crippen molar-refractivity contribution in [2.45, 2.75) is 12.8 Å². The van der Waals surface area contributed by atoms with Crippen LogP contribution in [0.15, 0.2) is 29.3 Å². The van der Waals surface area contributed by atoms with E-state index in [-0.39, 0.29) is 0 Å². The minimum absolute atomic E-state index is 0.567. The Morgan fingerprint density at radius 1 is 1.24 bits per heavy atom. The maximum atomic E-state index is 5.66. The second-order valence-electron chi connectivity index (χ2n) is 6.24. The van der Waals surface area contributed by atoms with Gasteiger partial charge in [0.05, 0.1) is 26.9 Å². The van der Waals surface area contributed by atoms with E-state index in [9.17, 15) is 0 Å². The molecule has 1 fully saturated rings. The summed E-state index contributed by atoms with van der Waals surface area (Å²) in [5.41, 5.74) is 1.29. The van der Waals surface area contributed by atoms with Gasteiger partial charge in [0.15, 0.2) is 5.96 Å². The molecule has 1 saturated heterocycles. The monoisotopic (exact) mass is 349 g/mol. The number of nitrogens with zero attached hydrogens (tertiary/aromatic N) is 2. The van der Waals surface area contributed by atoms with Crippen molar-refractivity contribution in [3.63, 3.8) is 0 Å². The lowest BCUT2D eigenvalue weighted by atomic mass is 10.1. The van der Waals surface area contributed by atoms with E-state index >= 15 is 0 Å². The van der Waals surface area contributed by atoms with E-state index in [1.165, 1.54) is 5.56 Å². The number of nitrogens with one attached hydrogen (secondary N) is 1. The lowest BCUT2D eigenvalue weighted by Gasteiger charge is -2.21. The SMILES string of the molecule is CN=C(NCCc1ccc(OC)cc1)N1CCC(COCCOC)C1. The summed E-state index contributed by atoms with van der Waals surface area (Å²) < 4.78 is 15.9. The molecule has 0 aliphatic carbocycles. The minimum atomic E-state index is 0.567. The summed E-state index contributed by atoms with van der Waals surface area (Å²) in [6.45, 7) is 5.01. The number of benzene rings is 1. The summed E-state index contributed by atoms with van der Waals surface area (Å²) in [5, 5.41) is 3.47. The van der Waals surface area contributed by atoms with Crippen molar-refractivity contribution in [3.8, 4) is 5.75 Å².